The highest BCUT2D eigenvalue weighted by Gasteiger charge is 2.24. The summed E-state index contributed by atoms with van der Waals surface area (Å²) >= 11 is 0. The molecule has 0 amide bonds. The van der Waals surface area contributed by atoms with Crippen molar-refractivity contribution in [3.8, 4) is 5.95 Å². The van der Waals surface area contributed by atoms with Gasteiger partial charge in [-0.3, -0.25) is 13.7 Å². The Morgan fingerprint density at radius 2 is 1.34 bits per heavy atom. The molecule has 5 N–H and O–H groups in total. The first kappa shape index (κ1) is 34.4. The third-order valence-corrected chi connectivity index (χ3v) is 9.96. The van der Waals surface area contributed by atoms with Crippen molar-refractivity contribution in [2.24, 2.45) is 10.2 Å². The maximum absolute atomic E-state index is 12.6. The summed E-state index contributed by atoms with van der Waals surface area (Å²) in [5, 5.41) is 13.7. The van der Waals surface area contributed by atoms with E-state index in [-0.39, 0.29) is 56.5 Å². The van der Waals surface area contributed by atoms with Gasteiger partial charge in [0.05, 0.1) is 29.5 Å². The first-order valence-corrected chi connectivity index (χ1v) is 18.5. The van der Waals surface area contributed by atoms with Crippen LogP contribution in [-0.2, 0) is 30.4 Å². The van der Waals surface area contributed by atoms with Crippen LogP contribution < -0.4 is 15.2 Å². The van der Waals surface area contributed by atoms with Crippen LogP contribution in [0.1, 0.15) is 5.56 Å². The minimum absolute atomic E-state index is 0.0118. The van der Waals surface area contributed by atoms with Crippen LogP contribution in [0.2, 0.25) is 0 Å². The molecule has 0 spiro atoms. The highest BCUT2D eigenvalue weighted by Crippen LogP contribution is 2.39. The second-order valence-corrected chi connectivity index (χ2v) is 14.8. The summed E-state index contributed by atoms with van der Waals surface area (Å²) in [5.41, 5.74) is 0.861. The fraction of sp³-hybridized carbons (Fsp3) is 0.0667. The Bertz CT molecular complexity index is 2730. The predicted octanol–water partition coefficient (Wildman–Crippen LogP) is 4.70. The maximum atomic E-state index is 12.6. The predicted molar refractivity (Wildman–Crippen MR) is 180 cm³/mol. The molecule has 0 fully saturated rings. The molecule has 0 saturated heterocycles. The van der Waals surface area contributed by atoms with Gasteiger partial charge in [-0.15, -0.1) is 10.1 Å². The van der Waals surface area contributed by atoms with Gasteiger partial charge in [-0.05, 0) is 64.9 Å². The first-order valence-electron chi connectivity index (χ1n) is 14.2. The second-order valence-electron chi connectivity index (χ2n) is 10.7. The molecule has 0 aliphatic rings. The highest BCUT2D eigenvalue weighted by molar-refractivity contribution is 7.86. The molecule has 0 unspecified atom stereocenters. The van der Waals surface area contributed by atoms with Crippen LogP contribution in [0, 0.1) is 6.92 Å². The lowest BCUT2D eigenvalue weighted by atomic mass is 10.1. The molecule has 0 bridgehead atoms. The number of hydrogen-bond acceptors (Lipinski definition) is 13. The van der Waals surface area contributed by atoms with Gasteiger partial charge >= 0.3 is 17.8 Å². The number of benzene rings is 4. The van der Waals surface area contributed by atoms with Gasteiger partial charge < -0.3 is 10.6 Å². The van der Waals surface area contributed by atoms with Gasteiger partial charge in [0.1, 0.15) is 14.7 Å². The molecule has 2 heterocycles. The van der Waals surface area contributed by atoms with Crippen molar-refractivity contribution in [2.45, 2.75) is 21.6 Å². The standard InChI is InChI=1S/C30H24N8O9S3/c1-17-6-5-13-38(16-17)30-34-28(31-2)33-29(35-30)32-23-12-11-22(20-8-4-10-25(27(20)23)49(42,43)44)37-36-18-14-21-19(26(15-18)50(45,46)47)7-3-9-24(21)48(39,40)41/h3-16H,1-2H3,(H4-,31,32,33,34,35,39,40,41,42,43,44,45,46,47)/p+1. The lowest BCUT2D eigenvalue weighted by molar-refractivity contribution is -0.603. The van der Waals surface area contributed by atoms with E-state index in [0.29, 0.717) is 0 Å². The molecule has 6 aromatic rings. The summed E-state index contributed by atoms with van der Waals surface area (Å²) in [6, 6.07) is 16.1. The van der Waals surface area contributed by atoms with E-state index in [2.05, 4.69) is 35.8 Å². The number of nitrogens with zero attached hydrogens (tertiary/aromatic N) is 6. The minimum Gasteiger partial charge on any atom is -0.343 e. The molecule has 0 saturated carbocycles. The number of aromatic nitrogens is 4. The molecule has 0 atom stereocenters. The summed E-state index contributed by atoms with van der Waals surface area (Å²) in [6.07, 6.45) is 3.53. The Labute approximate surface area is 284 Å². The molecule has 4 aromatic carbocycles. The van der Waals surface area contributed by atoms with E-state index in [1.165, 1.54) is 42.5 Å². The number of rotatable bonds is 9. The van der Waals surface area contributed by atoms with Crippen molar-refractivity contribution < 1.29 is 43.5 Å². The van der Waals surface area contributed by atoms with Crippen LogP contribution in [0.3, 0.4) is 0 Å². The Balaban J connectivity index is 1.51. The quantitative estimate of drug-likeness (QED) is 0.0766. The smallest absolute Gasteiger partial charge is 0.343 e. The fourth-order valence-corrected chi connectivity index (χ4v) is 7.32. The molecule has 6 rings (SSSR count). The van der Waals surface area contributed by atoms with Crippen molar-refractivity contribution >= 4 is 80.9 Å². The van der Waals surface area contributed by atoms with Gasteiger partial charge in [-0.1, -0.05) is 30.3 Å². The molecular weight excluding hydrogens is 713 g/mol. The van der Waals surface area contributed by atoms with Gasteiger partial charge in [0.15, 0.2) is 0 Å². The summed E-state index contributed by atoms with van der Waals surface area (Å²) in [6.45, 7) is 1.89. The number of aryl methyl sites for hydroxylation is 1. The maximum Gasteiger partial charge on any atom is 0.444 e. The summed E-state index contributed by atoms with van der Waals surface area (Å²) < 4.78 is 105. The lowest BCUT2D eigenvalue weighted by Gasteiger charge is -2.12. The molecule has 0 radical (unpaired) electrons. The molecule has 0 aliphatic carbocycles. The van der Waals surface area contributed by atoms with Crippen LogP contribution >= 0.6 is 0 Å². The number of hydrogen-bond donors (Lipinski definition) is 5. The van der Waals surface area contributed by atoms with E-state index in [0.717, 1.165) is 23.8 Å². The highest BCUT2D eigenvalue weighted by atomic mass is 32.2. The van der Waals surface area contributed by atoms with Crippen LogP contribution in [0.4, 0.5) is 29.0 Å². The lowest BCUT2D eigenvalue weighted by Crippen LogP contribution is -2.33. The summed E-state index contributed by atoms with van der Waals surface area (Å²) in [5.74, 6) is 0.433. The molecule has 20 heteroatoms. The molecule has 0 aliphatic heterocycles. The first-order chi connectivity index (χ1) is 23.5. The van der Waals surface area contributed by atoms with Crippen molar-refractivity contribution in [1.29, 1.82) is 0 Å². The van der Waals surface area contributed by atoms with Crippen molar-refractivity contribution in [2.75, 3.05) is 17.7 Å². The van der Waals surface area contributed by atoms with E-state index in [9.17, 15) is 38.9 Å². The number of anilines is 3. The monoisotopic (exact) mass is 737 g/mol. The van der Waals surface area contributed by atoms with Gasteiger partial charge in [-0.25, -0.2) is 4.57 Å². The third kappa shape index (κ3) is 6.96. The van der Waals surface area contributed by atoms with E-state index in [1.807, 2.05) is 13.0 Å². The number of azo groups is 1. The van der Waals surface area contributed by atoms with Gasteiger partial charge in [-0.2, -0.15) is 30.4 Å². The van der Waals surface area contributed by atoms with Gasteiger partial charge in [0.25, 0.3) is 30.4 Å². The minimum atomic E-state index is -4.92. The Kier molecular flexibility index (Phi) is 8.76. The van der Waals surface area contributed by atoms with E-state index in [4.69, 9.17) is 0 Å². The van der Waals surface area contributed by atoms with Gasteiger partial charge in [0, 0.05) is 28.6 Å². The van der Waals surface area contributed by atoms with Crippen LogP contribution in [0.5, 0.6) is 0 Å². The Morgan fingerprint density at radius 1 is 0.680 bits per heavy atom. The zero-order chi connectivity index (χ0) is 36.0. The van der Waals surface area contributed by atoms with Crippen LogP contribution in [-0.4, -0.2) is 60.9 Å². The van der Waals surface area contributed by atoms with E-state index >= 15 is 0 Å². The van der Waals surface area contributed by atoms with Gasteiger partial charge in [0.2, 0.25) is 0 Å². The molecule has 50 heavy (non-hydrogen) atoms. The van der Waals surface area contributed by atoms with Crippen LogP contribution in [0.15, 0.2) is 110 Å². The van der Waals surface area contributed by atoms with E-state index < -0.39 is 45.0 Å². The largest absolute Gasteiger partial charge is 0.444 e. The second kappa shape index (κ2) is 12.7. The molecule has 256 valence electrons. The number of nitrogens with one attached hydrogen (secondary N) is 2. The molecular formula is C30H25N8O9S3+. The fourth-order valence-electron chi connectivity index (χ4n) is 5.17. The zero-order valence-corrected chi connectivity index (χ0v) is 28.2. The normalized spacial score (nSPS) is 12.5. The third-order valence-electron chi connectivity index (χ3n) is 7.26. The summed E-state index contributed by atoms with van der Waals surface area (Å²) in [4.78, 5) is 11.3. The molecule has 17 nitrogen and oxygen atoms in total. The Morgan fingerprint density at radius 3 is 2.00 bits per heavy atom. The van der Waals surface area contributed by atoms with Crippen LogP contribution in [0.25, 0.3) is 27.5 Å². The molecule has 2 aromatic heterocycles. The SMILES string of the molecule is CNc1nc(Nc2ccc(N=Nc3cc(S(=O)(=O)O)c4cccc(S(=O)(=O)O)c4c3)c3cccc(S(=O)(=O)O)c23)nc(-[n+]2cccc(C)c2)n1. The Hall–Kier alpha value is -5.51. The van der Waals surface area contributed by atoms with E-state index in [1.54, 1.807) is 30.1 Å². The topological polar surface area (TPSA) is 254 Å². The summed E-state index contributed by atoms with van der Waals surface area (Å²) in [7, 11) is -13.0. The van der Waals surface area contributed by atoms with Crippen molar-refractivity contribution in [1.82, 2.24) is 15.0 Å². The number of pyridine rings is 1. The average molecular weight is 738 g/mol. The number of fused-ring (bicyclic) bond motifs is 2. The average Bonchev–Trinajstić information content (AvgIpc) is 3.05. The zero-order valence-electron chi connectivity index (χ0n) is 25.8. The van der Waals surface area contributed by atoms with Crippen molar-refractivity contribution in [3.05, 3.63) is 90.8 Å². The van der Waals surface area contributed by atoms with Crippen molar-refractivity contribution in [3.63, 3.8) is 0 Å².